The third kappa shape index (κ3) is 7.70. The minimum atomic E-state index is -0.419. The van der Waals surface area contributed by atoms with E-state index in [1.54, 1.807) is 0 Å². The Morgan fingerprint density at radius 1 is 1.11 bits per heavy atom. The van der Waals surface area contributed by atoms with Gasteiger partial charge in [-0.1, -0.05) is 26.2 Å². The van der Waals surface area contributed by atoms with Gasteiger partial charge in [0.05, 0.1) is 0 Å². The lowest BCUT2D eigenvalue weighted by atomic mass is 9.89. The molecule has 0 aromatic carbocycles. The molecular formula is C14H25NO4. The maximum absolute atomic E-state index is 11.4. The molecule has 110 valence electrons. The van der Waals surface area contributed by atoms with Crippen molar-refractivity contribution in [2.45, 2.75) is 51.9 Å². The summed E-state index contributed by atoms with van der Waals surface area (Å²) in [6.45, 7) is 2.85. The number of alkyl carbamates (subject to hydrolysis) is 1. The van der Waals surface area contributed by atoms with E-state index in [-0.39, 0.29) is 19.2 Å². The van der Waals surface area contributed by atoms with Gasteiger partial charge < -0.3 is 14.8 Å². The monoisotopic (exact) mass is 271 g/mol. The molecule has 1 aliphatic carbocycles. The summed E-state index contributed by atoms with van der Waals surface area (Å²) in [4.78, 5) is 22.4. The van der Waals surface area contributed by atoms with Crippen LogP contribution in [0.4, 0.5) is 4.79 Å². The van der Waals surface area contributed by atoms with Crippen molar-refractivity contribution in [2.75, 3.05) is 19.8 Å². The van der Waals surface area contributed by atoms with Gasteiger partial charge in [0.2, 0.25) is 0 Å². The number of hydrogen-bond donors (Lipinski definition) is 1. The SMILES string of the molecule is CCCC(=O)OCCOC(=O)NCC1CCCCC1. The van der Waals surface area contributed by atoms with Gasteiger partial charge in [0.1, 0.15) is 13.2 Å². The molecule has 1 aliphatic rings. The van der Waals surface area contributed by atoms with E-state index in [1.807, 2.05) is 6.92 Å². The smallest absolute Gasteiger partial charge is 0.407 e. The molecule has 0 saturated heterocycles. The van der Waals surface area contributed by atoms with Crippen LogP contribution in [0, 0.1) is 5.92 Å². The Kier molecular flexibility index (Phi) is 8.02. The largest absolute Gasteiger partial charge is 0.462 e. The van der Waals surface area contributed by atoms with Gasteiger partial charge in [-0.15, -0.1) is 0 Å². The minimum Gasteiger partial charge on any atom is -0.462 e. The number of nitrogens with one attached hydrogen (secondary N) is 1. The molecule has 5 heteroatoms. The highest BCUT2D eigenvalue weighted by Crippen LogP contribution is 2.22. The third-order valence-corrected chi connectivity index (χ3v) is 3.29. The lowest BCUT2D eigenvalue weighted by Crippen LogP contribution is -2.31. The molecule has 1 amide bonds. The predicted molar refractivity (Wildman–Crippen MR) is 71.8 cm³/mol. The number of carbonyl (C=O) groups excluding carboxylic acids is 2. The summed E-state index contributed by atoms with van der Waals surface area (Å²) in [7, 11) is 0. The Morgan fingerprint density at radius 2 is 1.79 bits per heavy atom. The number of rotatable bonds is 7. The molecule has 0 aliphatic heterocycles. The molecule has 0 aromatic heterocycles. The molecule has 1 saturated carbocycles. The van der Waals surface area contributed by atoms with Crippen molar-refractivity contribution in [2.24, 2.45) is 5.92 Å². The number of ether oxygens (including phenoxy) is 2. The summed E-state index contributed by atoms with van der Waals surface area (Å²) in [5.74, 6) is 0.345. The summed E-state index contributed by atoms with van der Waals surface area (Å²) in [6.07, 6.45) is 6.96. The van der Waals surface area contributed by atoms with Crippen LogP contribution in [0.5, 0.6) is 0 Å². The van der Waals surface area contributed by atoms with Crippen molar-refractivity contribution < 1.29 is 19.1 Å². The number of amides is 1. The third-order valence-electron chi connectivity index (χ3n) is 3.29. The van der Waals surface area contributed by atoms with Crippen LogP contribution in [-0.2, 0) is 14.3 Å². The van der Waals surface area contributed by atoms with Gasteiger partial charge in [-0.05, 0) is 25.2 Å². The van der Waals surface area contributed by atoms with Gasteiger partial charge in [-0.2, -0.15) is 0 Å². The van der Waals surface area contributed by atoms with Crippen molar-refractivity contribution in [1.29, 1.82) is 0 Å². The normalized spacial score (nSPS) is 15.8. The van der Waals surface area contributed by atoms with Crippen molar-refractivity contribution in [3.8, 4) is 0 Å². The Morgan fingerprint density at radius 3 is 2.47 bits per heavy atom. The quantitative estimate of drug-likeness (QED) is 0.571. The van der Waals surface area contributed by atoms with Crippen LogP contribution in [0.25, 0.3) is 0 Å². The van der Waals surface area contributed by atoms with E-state index < -0.39 is 6.09 Å². The van der Waals surface area contributed by atoms with Crippen molar-refractivity contribution in [1.82, 2.24) is 5.32 Å². The fourth-order valence-electron chi connectivity index (χ4n) is 2.24. The maximum atomic E-state index is 11.4. The van der Waals surface area contributed by atoms with Crippen molar-refractivity contribution >= 4 is 12.1 Å². The summed E-state index contributed by atoms with van der Waals surface area (Å²) in [5.41, 5.74) is 0. The van der Waals surface area contributed by atoms with Gasteiger partial charge in [-0.3, -0.25) is 4.79 Å². The summed E-state index contributed by atoms with van der Waals surface area (Å²) in [6, 6.07) is 0. The molecule has 0 spiro atoms. The zero-order valence-electron chi connectivity index (χ0n) is 11.8. The highest BCUT2D eigenvalue weighted by atomic mass is 16.6. The Hall–Kier alpha value is -1.26. The zero-order valence-corrected chi connectivity index (χ0v) is 11.8. The van der Waals surface area contributed by atoms with E-state index in [1.165, 1.54) is 32.1 Å². The Balaban J connectivity index is 1.97. The van der Waals surface area contributed by atoms with E-state index >= 15 is 0 Å². The summed E-state index contributed by atoms with van der Waals surface area (Å²) >= 11 is 0. The second kappa shape index (κ2) is 9.64. The topological polar surface area (TPSA) is 64.6 Å². The lowest BCUT2D eigenvalue weighted by Gasteiger charge is -2.21. The van der Waals surface area contributed by atoms with Gasteiger partial charge in [0.25, 0.3) is 0 Å². The maximum Gasteiger partial charge on any atom is 0.407 e. The predicted octanol–water partition coefficient (Wildman–Crippen LogP) is 2.64. The first-order valence-electron chi connectivity index (χ1n) is 7.28. The van der Waals surface area contributed by atoms with E-state index in [0.717, 1.165) is 6.42 Å². The molecule has 0 radical (unpaired) electrons. The molecule has 0 atom stereocenters. The van der Waals surface area contributed by atoms with Gasteiger partial charge in [0.15, 0.2) is 0 Å². The van der Waals surface area contributed by atoms with Crippen LogP contribution in [0.1, 0.15) is 51.9 Å². The second-order valence-electron chi connectivity index (χ2n) is 4.99. The molecule has 0 heterocycles. The first-order valence-corrected chi connectivity index (χ1v) is 7.28. The first kappa shape index (κ1) is 15.8. The molecule has 0 bridgehead atoms. The average Bonchev–Trinajstić information content (AvgIpc) is 2.43. The summed E-state index contributed by atoms with van der Waals surface area (Å²) in [5, 5.41) is 2.76. The van der Waals surface area contributed by atoms with Crippen molar-refractivity contribution in [3.05, 3.63) is 0 Å². The fourth-order valence-corrected chi connectivity index (χ4v) is 2.24. The zero-order chi connectivity index (χ0) is 13.9. The number of esters is 1. The standard InChI is InChI=1S/C14H25NO4/c1-2-6-13(16)18-9-10-19-14(17)15-11-12-7-4-3-5-8-12/h12H,2-11H2,1H3,(H,15,17). The molecule has 1 N–H and O–H groups in total. The van der Waals surface area contributed by atoms with E-state index in [9.17, 15) is 9.59 Å². The van der Waals surface area contributed by atoms with Crippen molar-refractivity contribution in [3.63, 3.8) is 0 Å². The highest BCUT2D eigenvalue weighted by Gasteiger charge is 2.14. The minimum absolute atomic E-state index is 0.117. The number of carbonyl (C=O) groups is 2. The van der Waals surface area contributed by atoms with Crippen LogP contribution in [0.15, 0.2) is 0 Å². The van der Waals surface area contributed by atoms with Gasteiger partial charge in [0, 0.05) is 13.0 Å². The lowest BCUT2D eigenvalue weighted by molar-refractivity contribution is -0.144. The average molecular weight is 271 g/mol. The first-order chi connectivity index (χ1) is 9.22. The van der Waals surface area contributed by atoms with E-state index in [2.05, 4.69) is 5.32 Å². The highest BCUT2D eigenvalue weighted by molar-refractivity contribution is 5.69. The van der Waals surface area contributed by atoms with Gasteiger partial charge >= 0.3 is 12.1 Å². The van der Waals surface area contributed by atoms with E-state index in [4.69, 9.17) is 9.47 Å². The molecule has 1 rings (SSSR count). The molecule has 1 fully saturated rings. The fraction of sp³-hybridized carbons (Fsp3) is 0.857. The van der Waals surface area contributed by atoms with Crippen LogP contribution < -0.4 is 5.32 Å². The molecule has 0 aromatic rings. The Labute approximate surface area is 115 Å². The molecular weight excluding hydrogens is 246 g/mol. The molecule has 5 nitrogen and oxygen atoms in total. The molecule has 19 heavy (non-hydrogen) atoms. The summed E-state index contributed by atoms with van der Waals surface area (Å²) < 4.78 is 9.82. The van der Waals surface area contributed by atoms with Gasteiger partial charge in [-0.25, -0.2) is 4.79 Å². The molecule has 0 unspecified atom stereocenters. The van der Waals surface area contributed by atoms with Crippen LogP contribution in [-0.4, -0.2) is 31.8 Å². The van der Waals surface area contributed by atoms with Crippen LogP contribution in [0.3, 0.4) is 0 Å². The Bertz CT molecular complexity index is 275. The second-order valence-corrected chi connectivity index (χ2v) is 4.99. The van der Waals surface area contributed by atoms with Crippen LogP contribution in [0.2, 0.25) is 0 Å². The number of hydrogen-bond acceptors (Lipinski definition) is 4. The van der Waals surface area contributed by atoms with E-state index in [0.29, 0.717) is 18.9 Å². The van der Waals surface area contributed by atoms with Crippen LogP contribution >= 0.6 is 0 Å².